The van der Waals surface area contributed by atoms with Crippen LogP contribution >= 0.6 is 15.9 Å². The monoisotopic (exact) mass is 399 g/mol. The Bertz CT molecular complexity index is 937. The lowest BCUT2D eigenvalue weighted by molar-refractivity contribution is 0.0992. The highest BCUT2D eigenvalue weighted by atomic mass is 79.9. The van der Waals surface area contributed by atoms with E-state index in [-0.39, 0.29) is 5.56 Å². The number of amides is 1. The van der Waals surface area contributed by atoms with Gasteiger partial charge in [0.25, 0.3) is 5.91 Å². The topological polar surface area (TPSA) is 80.0 Å². The highest BCUT2D eigenvalue weighted by Gasteiger charge is 2.11. The molecule has 0 saturated carbocycles. The molecule has 1 heterocycles. The number of anilines is 2. The van der Waals surface area contributed by atoms with Gasteiger partial charge in [-0.2, -0.15) is 5.10 Å². The summed E-state index contributed by atoms with van der Waals surface area (Å²) < 4.78 is 7.99. The average molecular weight is 400 g/mol. The van der Waals surface area contributed by atoms with Crippen molar-refractivity contribution in [3.63, 3.8) is 0 Å². The van der Waals surface area contributed by atoms with Crippen LogP contribution in [0.3, 0.4) is 0 Å². The molecule has 0 saturated heterocycles. The maximum absolute atomic E-state index is 11.2. The van der Waals surface area contributed by atoms with Crippen LogP contribution in [0.1, 0.15) is 10.4 Å². The number of carbonyl (C=O) groups excluding carboxylic acids is 1. The number of benzene rings is 2. The van der Waals surface area contributed by atoms with Crippen molar-refractivity contribution in [3.05, 3.63) is 58.7 Å². The quantitative estimate of drug-likeness (QED) is 0.702. The van der Waals surface area contributed by atoms with Gasteiger partial charge in [-0.25, -0.2) is 0 Å². The number of ether oxygens (including phenoxy) is 1. The molecule has 0 aliphatic carbocycles. The number of aromatic nitrogens is 2. The van der Waals surface area contributed by atoms with Crippen LogP contribution < -0.4 is 15.8 Å². The van der Waals surface area contributed by atoms with Crippen molar-refractivity contribution in [2.24, 2.45) is 7.05 Å². The first-order valence-corrected chi connectivity index (χ1v) is 8.28. The molecule has 25 heavy (non-hydrogen) atoms. The van der Waals surface area contributed by atoms with Crippen molar-refractivity contribution < 1.29 is 9.53 Å². The minimum Gasteiger partial charge on any atom is -0.495 e. The van der Waals surface area contributed by atoms with Gasteiger partial charge in [0.05, 0.1) is 17.3 Å². The lowest BCUT2D eigenvalue weighted by Crippen LogP contribution is -2.01. The van der Waals surface area contributed by atoms with Crippen molar-refractivity contribution in [3.8, 4) is 17.0 Å². The van der Waals surface area contributed by atoms with Crippen molar-refractivity contribution >= 4 is 33.2 Å². The number of methoxy groups -OCH3 is 1. The summed E-state index contributed by atoms with van der Waals surface area (Å²) in [6.07, 6.45) is 1.90. The third kappa shape index (κ3) is 3.66. The van der Waals surface area contributed by atoms with Crippen LogP contribution in [-0.4, -0.2) is 22.8 Å². The van der Waals surface area contributed by atoms with Crippen LogP contribution in [0.15, 0.2) is 53.1 Å². The van der Waals surface area contributed by atoms with Crippen molar-refractivity contribution in [2.45, 2.75) is 0 Å². The standard InChI is InChI=1S/C18H16BrN4O2/c1-23-10-14(19)17(22-23)11-4-3-5-13(8-11)21-15-7-6-12(18(20)24)9-16(15)25-2/h3-10,20-21H,1-2H3. The summed E-state index contributed by atoms with van der Waals surface area (Å²) in [6.45, 7) is 0. The van der Waals surface area contributed by atoms with E-state index in [2.05, 4.69) is 26.3 Å². The Labute approximate surface area is 153 Å². The zero-order valence-electron chi connectivity index (χ0n) is 13.7. The zero-order valence-corrected chi connectivity index (χ0v) is 15.3. The second-order valence-electron chi connectivity index (χ2n) is 5.45. The van der Waals surface area contributed by atoms with Crippen LogP contribution in [0.4, 0.5) is 11.4 Å². The summed E-state index contributed by atoms with van der Waals surface area (Å²) >= 11 is 3.52. The summed E-state index contributed by atoms with van der Waals surface area (Å²) in [7, 11) is 3.40. The third-order valence-electron chi connectivity index (χ3n) is 3.66. The third-order valence-corrected chi connectivity index (χ3v) is 4.24. The molecule has 1 aromatic heterocycles. The number of rotatable bonds is 5. The number of halogens is 1. The summed E-state index contributed by atoms with van der Waals surface area (Å²) in [6, 6.07) is 12.7. The lowest BCUT2D eigenvalue weighted by atomic mass is 10.1. The van der Waals surface area contributed by atoms with Gasteiger partial charge >= 0.3 is 0 Å². The van der Waals surface area contributed by atoms with Gasteiger partial charge in [0.1, 0.15) is 11.4 Å². The SMILES string of the molecule is COc1cc(C([NH])=O)ccc1Nc1cccc(-c2nn(C)cc2Br)c1. The first-order chi connectivity index (χ1) is 12.0. The van der Waals surface area contributed by atoms with Gasteiger partial charge in [-0.1, -0.05) is 12.1 Å². The fourth-order valence-corrected chi connectivity index (χ4v) is 3.10. The molecule has 0 bridgehead atoms. The largest absolute Gasteiger partial charge is 0.495 e. The molecule has 3 aromatic rings. The molecular formula is C18H16BrN4O2. The first-order valence-electron chi connectivity index (χ1n) is 7.48. The van der Waals surface area contributed by atoms with Gasteiger partial charge in [-0.3, -0.25) is 15.2 Å². The van der Waals surface area contributed by atoms with Crippen molar-refractivity contribution in [2.75, 3.05) is 12.4 Å². The predicted octanol–water partition coefficient (Wildman–Crippen LogP) is 4.02. The number of carbonyl (C=O) groups is 1. The molecule has 2 aromatic carbocycles. The Kier molecular flexibility index (Phi) is 4.76. The Morgan fingerprint density at radius 2 is 2.08 bits per heavy atom. The molecule has 0 fully saturated rings. The maximum Gasteiger partial charge on any atom is 0.269 e. The molecule has 0 atom stereocenters. The van der Waals surface area contributed by atoms with Crippen LogP contribution in [0, 0.1) is 0 Å². The van der Waals surface area contributed by atoms with Crippen molar-refractivity contribution in [1.29, 1.82) is 0 Å². The number of nitrogens with zero attached hydrogens (tertiary/aromatic N) is 2. The van der Waals surface area contributed by atoms with Crippen LogP contribution in [0.25, 0.3) is 11.3 Å². The number of hydrogen-bond donors (Lipinski definition) is 1. The molecule has 0 spiro atoms. The predicted molar refractivity (Wildman–Crippen MR) is 100 cm³/mol. The molecule has 3 rings (SSSR count). The summed E-state index contributed by atoms with van der Waals surface area (Å²) in [4.78, 5) is 11.2. The normalized spacial score (nSPS) is 10.5. The van der Waals surface area contributed by atoms with Crippen LogP contribution in [0.2, 0.25) is 0 Å². The van der Waals surface area contributed by atoms with E-state index in [1.54, 1.807) is 22.9 Å². The molecule has 127 valence electrons. The molecular weight excluding hydrogens is 384 g/mol. The van der Waals surface area contributed by atoms with Gasteiger partial charge in [0.2, 0.25) is 0 Å². The smallest absolute Gasteiger partial charge is 0.269 e. The fraction of sp³-hybridized carbons (Fsp3) is 0.111. The number of nitrogens with one attached hydrogen (secondary N) is 2. The lowest BCUT2D eigenvalue weighted by Gasteiger charge is -2.12. The van der Waals surface area contributed by atoms with Crippen LogP contribution in [-0.2, 0) is 7.05 Å². The average Bonchev–Trinajstić information content (AvgIpc) is 2.93. The van der Waals surface area contributed by atoms with E-state index in [9.17, 15) is 4.79 Å². The molecule has 0 aliphatic heterocycles. The molecule has 6 nitrogen and oxygen atoms in total. The Morgan fingerprint density at radius 1 is 1.28 bits per heavy atom. The van der Waals surface area contributed by atoms with E-state index in [1.165, 1.54) is 7.11 Å². The second-order valence-corrected chi connectivity index (χ2v) is 6.30. The maximum atomic E-state index is 11.2. The van der Waals surface area contributed by atoms with Gasteiger partial charge in [-0.05, 0) is 46.3 Å². The zero-order chi connectivity index (χ0) is 18.0. The summed E-state index contributed by atoms with van der Waals surface area (Å²) in [5.41, 5.74) is 10.9. The molecule has 2 N–H and O–H groups in total. The second kappa shape index (κ2) is 6.98. The minimum atomic E-state index is -0.744. The van der Waals surface area contributed by atoms with Crippen molar-refractivity contribution in [1.82, 2.24) is 15.5 Å². The van der Waals surface area contributed by atoms with E-state index in [4.69, 9.17) is 10.5 Å². The minimum absolute atomic E-state index is 0.286. The van der Waals surface area contributed by atoms with E-state index in [1.807, 2.05) is 37.5 Å². The Morgan fingerprint density at radius 3 is 2.72 bits per heavy atom. The van der Waals surface area contributed by atoms with Gasteiger partial charge in [-0.15, -0.1) is 0 Å². The Balaban J connectivity index is 1.93. The molecule has 7 heteroatoms. The molecule has 1 amide bonds. The van der Waals surface area contributed by atoms with Gasteiger partial charge in [0, 0.05) is 30.1 Å². The van der Waals surface area contributed by atoms with Gasteiger partial charge in [0.15, 0.2) is 0 Å². The molecule has 1 radical (unpaired) electrons. The van der Waals surface area contributed by atoms with Crippen LogP contribution in [0.5, 0.6) is 5.75 Å². The fourth-order valence-electron chi connectivity index (χ4n) is 2.49. The highest BCUT2D eigenvalue weighted by molar-refractivity contribution is 9.10. The molecule has 0 unspecified atom stereocenters. The van der Waals surface area contributed by atoms with E-state index in [0.717, 1.165) is 21.4 Å². The highest BCUT2D eigenvalue weighted by Crippen LogP contribution is 2.32. The van der Waals surface area contributed by atoms with E-state index >= 15 is 0 Å². The first kappa shape index (κ1) is 17.0. The van der Waals surface area contributed by atoms with E-state index in [0.29, 0.717) is 11.4 Å². The number of hydrogen-bond acceptors (Lipinski definition) is 4. The summed E-state index contributed by atoms with van der Waals surface area (Å²) in [5.74, 6) is -0.241. The molecule has 0 aliphatic rings. The van der Waals surface area contributed by atoms with E-state index < -0.39 is 5.91 Å². The van der Waals surface area contributed by atoms with Gasteiger partial charge < -0.3 is 10.1 Å². The number of aryl methyl sites for hydroxylation is 1. The summed E-state index contributed by atoms with van der Waals surface area (Å²) in [5, 5.41) is 7.73. The Hall–Kier alpha value is -2.80.